The fraction of sp³-hybridized carbons (Fsp3) is 0.800. The summed E-state index contributed by atoms with van der Waals surface area (Å²) in [5, 5.41) is 14.5. The van der Waals surface area contributed by atoms with E-state index in [4.69, 9.17) is 0 Å². The molecule has 1 aliphatic carbocycles. The highest BCUT2D eigenvalue weighted by Gasteiger charge is 2.39. The van der Waals surface area contributed by atoms with Gasteiger partial charge in [-0.25, -0.2) is 15.5 Å². The third-order valence-electron chi connectivity index (χ3n) is 5.84. The molecule has 154 valence electrons. The van der Waals surface area contributed by atoms with Crippen molar-refractivity contribution in [2.24, 2.45) is 11.8 Å². The minimum Gasteiger partial charge on any atom is -0.242 e. The SMILES string of the molecule is CC1=CCC(C)(N2NNCCCC(C)CCC(C)CCCN2[N+](=O)[O-])C=C1. The fourth-order valence-electron chi connectivity index (χ4n) is 3.78. The molecule has 7 nitrogen and oxygen atoms in total. The number of nitrogens with one attached hydrogen (secondary N) is 2. The van der Waals surface area contributed by atoms with E-state index in [1.807, 2.05) is 13.0 Å². The lowest BCUT2D eigenvalue weighted by Gasteiger charge is -2.41. The lowest BCUT2D eigenvalue weighted by atomic mass is 9.91. The number of hydrogen-bond acceptors (Lipinski definition) is 5. The second kappa shape index (κ2) is 10.2. The Bertz CT molecular complexity index is 550. The smallest absolute Gasteiger partial charge is 0.177 e. The number of nitro groups is 1. The highest BCUT2D eigenvalue weighted by molar-refractivity contribution is 5.26. The molecule has 0 radical (unpaired) electrons. The van der Waals surface area contributed by atoms with Crippen LogP contribution in [0.5, 0.6) is 0 Å². The lowest BCUT2D eigenvalue weighted by Crippen LogP contribution is -2.66. The minimum atomic E-state index is -0.491. The van der Waals surface area contributed by atoms with E-state index in [2.05, 4.69) is 43.9 Å². The van der Waals surface area contributed by atoms with Crippen LogP contribution in [0.15, 0.2) is 23.8 Å². The van der Waals surface area contributed by atoms with Crippen molar-refractivity contribution in [3.63, 3.8) is 0 Å². The van der Waals surface area contributed by atoms with E-state index in [0.29, 0.717) is 12.5 Å². The first-order chi connectivity index (χ1) is 12.8. The topological polar surface area (TPSA) is 73.7 Å². The highest BCUT2D eigenvalue weighted by Crippen LogP contribution is 2.28. The molecule has 2 aliphatic rings. The van der Waals surface area contributed by atoms with Gasteiger partial charge in [-0.15, -0.1) is 0 Å². The first kappa shape index (κ1) is 21.9. The number of allylic oxidation sites excluding steroid dienone is 2. The van der Waals surface area contributed by atoms with Crippen molar-refractivity contribution in [3.8, 4) is 0 Å². The van der Waals surface area contributed by atoms with Crippen LogP contribution >= 0.6 is 0 Å². The van der Waals surface area contributed by atoms with Crippen LogP contribution in [-0.2, 0) is 0 Å². The standard InChI is InChI=1S/C20H37N5O2/c1-17-7-5-15-21-22-24(20(4)13-11-19(3)12-14-20)23(25(26)27)16-6-8-18(2)10-9-17/h11-13,17-18,21-22H,5-10,14-16H2,1-4H3. The third kappa shape index (κ3) is 6.59. The van der Waals surface area contributed by atoms with Crippen LogP contribution in [0.4, 0.5) is 0 Å². The second-order valence-corrected chi connectivity index (χ2v) is 8.60. The molecule has 0 aromatic rings. The van der Waals surface area contributed by atoms with Crippen molar-refractivity contribution >= 4 is 0 Å². The average Bonchev–Trinajstić information content (AvgIpc) is 2.62. The molecule has 27 heavy (non-hydrogen) atoms. The molecule has 7 heteroatoms. The first-order valence-electron chi connectivity index (χ1n) is 10.4. The van der Waals surface area contributed by atoms with Crippen LogP contribution in [0.25, 0.3) is 0 Å². The summed E-state index contributed by atoms with van der Waals surface area (Å²) in [6.45, 7) is 9.87. The van der Waals surface area contributed by atoms with Crippen LogP contribution < -0.4 is 11.0 Å². The van der Waals surface area contributed by atoms with E-state index in [1.165, 1.54) is 30.0 Å². The van der Waals surface area contributed by atoms with Gasteiger partial charge in [-0.05, 0) is 62.9 Å². The molecule has 0 amide bonds. The summed E-state index contributed by atoms with van der Waals surface area (Å²) in [5.74, 6) is 1.34. The molecule has 0 aromatic heterocycles. The van der Waals surface area contributed by atoms with Crippen LogP contribution in [0, 0.1) is 22.0 Å². The largest absolute Gasteiger partial charge is 0.242 e. The molecule has 0 spiro atoms. The Morgan fingerprint density at radius 1 is 1.19 bits per heavy atom. The van der Waals surface area contributed by atoms with Gasteiger partial charge in [0.25, 0.3) is 0 Å². The first-order valence-corrected chi connectivity index (χ1v) is 10.4. The molecular formula is C20H37N5O2. The average molecular weight is 380 g/mol. The van der Waals surface area contributed by atoms with Crippen molar-refractivity contribution in [2.45, 2.75) is 78.2 Å². The van der Waals surface area contributed by atoms with E-state index >= 15 is 0 Å². The predicted octanol–water partition coefficient (Wildman–Crippen LogP) is 4.00. The van der Waals surface area contributed by atoms with Crippen molar-refractivity contribution in [1.82, 2.24) is 21.2 Å². The Labute approximate surface area is 163 Å². The molecule has 0 aromatic carbocycles. The van der Waals surface area contributed by atoms with Crippen LogP contribution in [0.1, 0.15) is 72.6 Å². The molecule has 0 saturated carbocycles. The van der Waals surface area contributed by atoms with E-state index < -0.39 is 5.54 Å². The molecule has 0 bridgehead atoms. The van der Waals surface area contributed by atoms with Crippen molar-refractivity contribution in [1.29, 1.82) is 0 Å². The summed E-state index contributed by atoms with van der Waals surface area (Å²) in [6, 6.07) is 0. The van der Waals surface area contributed by atoms with Crippen LogP contribution in [0.2, 0.25) is 0 Å². The Balaban J connectivity index is 2.15. The minimum absolute atomic E-state index is 0.294. The number of rotatable bonds is 2. The van der Waals surface area contributed by atoms with Crippen LogP contribution in [-0.4, -0.2) is 33.9 Å². The maximum atomic E-state index is 11.9. The molecule has 1 heterocycles. The van der Waals surface area contributed by atoms with Gasteiger partial charge >= 0.3 is 0 Å². The number of nitrogens with zero attached hydrogens (tertiary/aromatic N) is 3. The van der Waals surface area contributed by atoms with E-state index in [1.54, 1.807) is 5.12 Å². The Kier molecular flexibility index (Phi) is 8.26. The molecule has 1 aliphatic heterocycles. The molecule has 3 unspecified atom stereocenters. The third-order valence-corrected chi connectivity index (χ3v) is 5.84. The summed E-state index contributed by atoms with van der Waals surface area (Å²) in [6.07, 6.45) is 13.5. The Morgan fingerprint density at radius 3 is 2.44 bits per heavy atom. The maximum absolute atomic E-state index is 11.9. The van der Waals surface area contributed by atoms with E-state index in [9.17, 15) is 10.1 Å². The summed E-state index contributed by atoms with van der Waals surface area (Å²) >= 11 is 0. The summed E-state index contributed by atoms with van der Waals surface area (Å²) in [5.41, 5.74) is 7.06. The highest BCUT2D eigenvalue weighted by atomic mass is 16.7. The molecule has 3 atom stereocenters. The van der Waals surface area contributed by atoms with Gasteiger partial charge in [0.05, 0.1) is 12.1 Å². The van der Waals surface area contributed by atoms with Gasteiger partial charge in [0.15, 0.2) is 5.03 Å². The summed E-state index contributed by atoms with van der Waals surface area (Å²) < 4.78 is 0. The van der Waals surface area contributed by atoms with Gasteiger partial charge < -0.3 is 0 Å². The summed E-state index contributed by atoms with van der Waals surface area (Å²) in [4.78, 5) is 11.9. The normalized spacial score (nSPS) is 32.6. The molecular weight excluding hydrogens is 342 g/mol. The van der Waals surface area contributed by atoms with E-state index in [0.717, 1.165) is 38.1 Å². The van der Waals surface area contributed by atoms with Gasteiger partial charge in [0, 0.05) is 6.54 Å². The van der Waals surface area contributed by atoms with Crippen molar-refractivity contribution in [3.05, 3.63) is 33.9 Å². The Morgan fingerprint density at radius 2 is 1.85 bits per heavy atom. The van der Waals surface area contributed by atoms with Crippen LogP contribution in [0.3, 0.4) is 0 Å². The Hall–Kier alpha value is -1.44. The van der Waals surface area contributed by atoms with Crippen molar-refractivity contribution in [2.75, 3.05) is 13.1 Å². The second-order valence-electron chi connectivity index (χ2n) is 8.60. The zero-order valence-electron chi connectivity index (χ0n) is 17.4. The van der Waals surface area contributed by atoms with Crippen molar-refractivity contribution < 1.29 is 5.03 Å². The quantitative estimate of drug-likeness (QED) is 0.558. The molecule has 1 fully saturated rings. The zero-order chi connectivity index (χ0) is 19.9. The zero-order valence-corrected chi connectivity index (χ0v) is 17.4. The maximum Gasteiger partial charge on any atom is 0.177 e. The molecule has 2 N–H and O–H groups in total. The predicted molar refractivity (Wildman–Crippen MR) is 109 cm³/mol. The monoisotopic (exact) mass is 379 g/mol. The van der Waals surface area contributed by atoms with Gasteiger partial charge in [-0.2, -0.15) is 5.53 Å². The van der Waals surface area contributed by atoms with Gasteiger partial charge in [0.2, 0.25) is 0 Å². The summed E-state index contributed by atoms with van der Waals surface area (Å²) in [7, 11) is 0. The lowest BCUT2D eigenvalue weighted by molar-refractivity contribution is -0.710. The van der Waals surface area contributed by atoms with E-state index in [-0.39, 0.29) is 5.03 Å². The fourth-order valence-corrected chi connectivity index (χ4v) is 3.78. The van der Waals surface area contributed by atoms with Gasteiger partial charge in [0.1, 0.15) is 0 Å². The number of hydrogen-bond donors (Lipinski definition) is 2. The number of hydrazine groups is 4. The molecule has 2 rings (SSSR count). The molecule has 1 saturated heterocycles. The van der Waals surface area contributed by atoms with Gasteiger partial charge in [-0.3, -0.25) is 0 Å². The van der Waals surface area contributed by atoms with Gasteiger partial charge in [-0.1, -0.05) is 55.6 Å².